The second kappa shape index (κ2) is 8.79. The van der Waals surface area contributed by atoms with Crippen LogP contribution in [0.25, 0.3) is 0 Å². The number of esters is 2. The van der Waals surface area contributed by atoms with Crippen LogP contribution in [0.4, 0.5) is 0 Å². The molecular weight excluding hydrogens is 350 g/mol. The van der Waals surface area contributed by atoms with Crippen LogP contribution in [0, 0.1) is 11.3 Å². The molecule has 0 aliphatic carbocycles. The highest BCUT2D eigenvalue weighted by Gasteiger charge is 2.55. The first kappa shape index (κ1) is 20.6. The van der Waals surface area contributed by atoms with Crippen LogP contribution in [-0.4, -0.2) is 48.3 Å². The van der Waals surface area contributed by atoms with E-state index in [1.165, 1.54) is 6.92 Å². The van der Waals surface area contributed by atoms with Crippen molar-refractivity contribution in [2.75, 3.05) is 19.8 Å². The Balaban J connectivity index is 2.19. The average Bonchev–Trinajstić information content (AvgIpc) is 3.02. The molecule has 146 valence electrons. The number of hydrogen-bond acceptors (Lipinski definition) is 6. The molecule has 0 spiro atoms. The molecule has 1 aliphatic rings. The van der Waals surface area contributed by atoms with Gasteiger partial charge in [0.1, 0.15) is 0 Å². The Labute approximate surface area is 158 Å². The number of rotatable bonds is 8. The van der Waals surface area contributed by atoms with Crippen molar-refractivity contribution in [1.82, 2.24) is 4.90 Å². The monoisotopic (exact) mass is 375 g/mol. The molecule has 0 radical (unpaired) electrons. The molecule has 0 aromatic heterocycles. The summed E-state index contributed by atoms with van der Waals surface area (Å²) in [5.74, 6) is -3.47. The summed E-state index contributed by atoms with van der Waals surface area (Å²) in [4.78, 5) is 51.8. The normalized spacial score (nSPS) is 16.9. The van der Waals surface area contributed by atoms with Gasteiger partial charge in [0.05, 0.1) is 13.2 Å². The zero-order valence-electron chi connectivity index (χ0n) is 15.9. The van der Waals surface area contributed by atoms with E-state index in [-0.39, 0.29) is 32.1 Å². The van der Waals surface area contributed by atoms with Crippen LogP contribution in [0.1, 0.15) is 32.8 Å². The molecular formula is C20H25NO6. The minimum atomic E-state index is -2.07. The van der Waals surface area contributed by atoms with Crippen LogP contribution in [-0.2, 0) is 35.2 Å². The van der Waals surface area contributed by atoms with Gasteiger partial charge in [-0.1, -0.05) is 30.3 Å². The highest BCUT2D eigenvalue weighted by molar-refractivity contribution is 6.21. The Bertz CT molecular complexity index is 696. The molecule has 0 bridgehead atoms. The maximum atomic E-state index is 13.1. The lowest BCUT2D eigenvalue weighted by Gasteiger charge is -2.26. The summed E-state index contributed by atoms with van der Waals surface area (Å²) in [6.45, 7) is 4.99. The minimum absolute atomic E-state index is 0.0326. The molecule has 1 aromatic carbocycles. The van der Waals surface area contributed by atoms with E-state index in [1.807, 2.05) is 30.3 Å². The molecule has 1 aliphatic heterocycles. The lowest BCUT2D eigenvalue weighted by molar-refractivity contribution is -0.174. The number of carbonyl (C=O) groups excluding carboxylic acids is 4. The average molecular weight is 375 g/mol. The van der Waals surface area contributed by atoms with Gasteiger partial charge in [-0.2, -0.15) is 0 Å². The van der Waals surface area contributed by atoms with Gasteiger partial charge in [-0.3, -0.25) is 19.2 Å². The van der Waals surface area contributed by atoms with E-state index in [4.69, 9.17) is 9.47 Å². The van der Waals surface area contributed by atoms with E-state index in [2.05, 4.69) is 0 Å². The summed E-state index contributed by atoms with van der Waals surface area (Å²) in [5.41, 5.74) is -1.13. The highest BCUT2D eigenvalue weighted by atomic mass is 16.6. The van der Waals surface area contributed by atoms with Crippen molar-refractivity contribution in [2.45, 2.75) is 33.7 Å². The smallest absolute Gasteiger partial charge is 0.330 e. The summed E-state index contributed by atoms with van der Waals surface area (Å²) in [7, 11) is 0. The predicted octanol–water partition coefficient (Wildman–Crippen LogP) is 1.74. The zero-order chi connectivity index (χ0) is 20.0. The standard InChI is InChI=1S/C20H25NO6/c1-4-26-18(24)20(3,19(25)27-5-2)17(23)15-11-16(22)21(13-15)12-14-9-7-6-8-10-14/h6-10,15H,4-5,11-13H2,1-3H3. The first-order chi connectivity index (χ1) is 12.8. The molecule has 1 amide bonds. The third-order valence-electron chi connectivity index (χ3n) is 4.66. The zero-order valence-corrected chi connectivity index (χ0v) is 15.9. The second-order valence-corrected chi connectivity index (χ2v) is 6.59. The molecule has 1 fully saturated rings. The molecule has 0 N–H and O–H groups in total. The maximum absolute atomic E-state index is 13.1. The van der Waals surface area contributed by atoms with E-state index < -0.39 is 29.1 Å². The first-order valence-corrected chi connectivity index (χ1v) is 9.05. The third kappa shape index (κ3) is 4.35. The van der Waals surface area contributed by atoms with Gasteiger partial charge in [-0.05, 0) is 26.3 Å². The number of likely N-dealkylation sites (tertiary alicyclic amines) is 1. The Morgan fingerprint density at radius 2 is 1.63 bits per heavy atom. The molecule has 2 rings (SSSR count). The molecule has 1 heterocycles. The lowest BCUT2D eigenvalue weighted by atomic mass is 9.79. The van der Waals surface area contributed by atoms with Gasteiger partial charge in [0.25, 0.3) is 0 Å². The molecule has 7 heteroatoms. The van der Waals surface area contributed by atoms with Crippen molar-refractivity contribution in [3.8, 4) is 0 Å². The fraction of sp³-hybridized carbons (Fsp3) is 0.500. The number of ketones is 1. The number of carbonyl (C=O) groups is 4. The fourth-order valence-corrected chi connectivity index (χ4v) is 3.15. The van der Waals surface area contributed by atoms with Gasteiger partial charge >= 0.3 is 11.9 Å². The highest BCUT2D eigenvalue weighted by Crippen LogP contribution is 2.32. The Hall–Kier alpha value is -2.70. The lowest BCUT2D eigenvalue weighted by Crippen LogP contribution is -2.49. The minimum Gasteiger partial charge on any atom is -0.465 e. The van der Waals surface area contributed by atoms with Crippen molar-refractivity contribution in [3.63, 3.8) is 0 Å². The molecule has 1 atom stereocenters. The summed E-state index contributed by atoms with van der Waals surface area (Å²) < 4.78 is 9.89. The first-order valence-electron chi connectivity index (χ1n) is 9.05. The van der Waals surface area contributed by atoms with Crippen molar-refractivity contribution < 1.29 is 28.7 Å². The molecule has 1 unspecified atom stereocenters. The van der Waals surface area contributed by atoms with Gasteiger partial charge in [-0.15, -0.1) is 0 Å². The SMILES string of the molecule is CCOC(=O)C(C)(C(=O)OCC)C(=O)C1CC(=O)N(Cc2ccccc2)C1. The van der Waals surface area contributed by atoms with Crippen molar-refractivity contribution in [1.29, 1.82) is 0 Å². The van der Waals surface area contributed by atoms with E-state index >= 15 is 0 Å². The molecule has 0 saturated carbocycles. The summed E-state index contributed by atoms with van der Waals surface area (Å²) in [6.07, 6.45) is -0.0416. The van der Waals surface area contributed by atoms with Crippen LogP contribution in [0.2, 0.25) is 0 Å². The fourth-order valence-electron chi connectivity index (χ4n) is 3.15. The molecule has 1 aromatic rings. The third-order valence-corrected chi connectivity index (χ3v) is 4.66. The van der Waals surface area contributed by atoms with E-state index in [0.29, 0.717) is 6.54 Å². The summed E-state index contributed by atoms with van der Waals surface area (Å²) in [5, 5.41) is 0. The number of hydrogen-bond donors (Lipinski definition) is 0. The van der Waals surface area contributed by atoms with Gasteiger partial charge < -0.3 is 14.4 Å². The van der Waals surface area contributed by atoms with Crippen LogP contribution < -0.4 is 0 Å². The maximum Gasteiger partial charge on any atom is 0.330 e. The van der Waals surface area contributed by atoms with Gasteiger partial charge in [0.2, 0.25) is 11.3 Å². The van der Waals surface area contributed by atoms with E-state index in [9.17, 15) is 19.2 Å². The Morgan fingerprint density at radius 1 is 1.07 bits per heavy atom. The predicted molar refractivity (Wildman–Crippen MR) is 96.3 cm³/mol. The van der Waals surface area contributed by atoms with Crippen molar-refractivity contribution in [3.05, 3.63) is 35.9 Å². The summed E-state index contributed by atoms with van der Waals surface area (Å²) >= 11 is 0. The molecule has 27 heavy (non-hydrogen) atoms. The quantitative estimate of drug-likeness (QED) is 0.508. The van der Waals surface area contributed by atoms with Crippen molar-refractivity contribution in [2.24, 2.45) is 11.3 Å². The topological polar surface area (TPSA) is 90.0 Å². The van der Waals surface area contributed by atoms with Crippen molar-refractivity contribution >= 4 is 23.6 Å². The summed E-state index contributed by atoms with van der Waals surface area (Å²) in [6, 6.07) is 9.41. The number of amides is 1. The number of ether oxygens (including phenoxy) is 2. The molecule has 7 nitrogen and oxygen atoms in total. The largest absolute Gasteiger partial charge is 0.465 e. The number of nitrogens with zero attached hydrogens (tertiary/aromatic N) is 1. The van der Waals surface area contributed by atoms with Gasteiger partial charge in [0.15, 0.2) is 5.78 Å². The number of Topliss-reactive ketones (excluding diaryl/α,β-unsaturated/α-hetero) is 1. The van der Waals surface area contributed by atoms with E-state index in [1.54, 1.807) is 18.7 Å². The number of benzene rings is 1. The van der Waals surface area contributed by atoms with Crippen LogP contribution in [0.15, 0.2) is 30.3 Å². The Kier molecular flexibility index (Phi) is 6.71. The molecule has 1 saturated heterocycles. The second-order valence-electron chi connectivity index (χ2n) is 6.59. The van der Waals surface area contributed by atoms with Gasteiger partial charge in [-0.25, -0.2) is 0 Å². The van der Waals surface area contributed by atoms with E-state index in [0.717, 1.165) is 5.56 Å². The van der Waals surface area contributed by atoms with Crippen LogP contribution in [0.5, 0.6) is 0 Å². The van der Waals surface area contributed by atoms with Crippen LogP contribution >= 0.6 is 0 Å². The van der Waals surface area contributed by atoms with Crippen LogP contribution in [0.3, 0.4) is 0 Å². The van der Waals surface area contributed by atoms with Gasteiger partial charge in [0, 0.05) is 25.4 Å². The Morgan fingerprint density at radius 3 is 2.15 bits per heavy atom.